The SMILES string of the molecule is O=S(=O)(c1ccccc1)S(=O)(=O)C(F)(F)F. The van der Waals surface area contributed by atoms with E-state index in [2.05, 4.69) is 0 Å². The molecular formula is C7H5F3O4S2. The highest BCUT2D eigenvalue weighted by Crippen LogP contribution is 2.31. The van der Waals surface area contributed by atoms with Crippen molar-refractivity contribution < 1.29 is 30.0 Å². The summed E-state index contributed by atoms with van der Waals surface area (Å²) in [6.45, 7) is 0. The van der Waals surface area contributed by atoms with Crippen molar-refractivity contribution in [3.63, 3.8) is 0 Å². The first kappa shape index (κ1) is 13.0. The van der Waals surface area contributed by atoms with Crippen molar-refractivity contribution in [1.82, 2.24) is 0 Å². The van der Waals surface area contributed by atoms with Crippen molar-refractivity contribution in [2.75, 3.05) is 0 Å². The smallest absolute Gasteiger partial charge is 0.207 e. The summed E-state index contributed by atoms with van der Waals surface area (Å²) in [7, 11) is -11.7. The van der Waals surface area contributed by atoms with E-state index in [1.54, 1.807) is 0 Å². The molecule has 4 nitrogen and oxygen atoms in total. The molecule has 0 unspecified atom stereocenters. The van der Waals surface area contributed by atoms with Gasteiger partial charge in [-0.1, -0.05) is 18.2 Å². The largest absolute Gasteiger partial charge is 0.512 e. The normalized spacial score (nSPS) is 13.7. The van der Waals surface area contributed by atoms with Crippen LogP contribution in [0.15, 0.2) is 35.2 Å². The van der Waals surface area contributed by atoms with Gasteiger partial charge in [0.25, 0.3) is 8.87 Å². The predicted octanol–water partition coefficient (Wildman–Crippen LogP) is 1.31. The van der Waals surface area contributed by atoms with E-state index in [9.17, 15) is 30.0 Å². The number of hydrogen-bond acceptors (Lipinski definition) is 4. The third-order valence-electron chi connectivity index (χ3n) is 1.60. The summed E-state index contributed by atoms with van der Waals surface area (Å²) in [4.78, 5) is -0.910. The van der Waals surface area contributed by atoms with Crippen molar-refractivity contribution >= 4 is 17.7 Å². The van der Waals surface area contributed by atoms with Crippen molar-refractivity contribution in [3.8, 4) is 0 Å². The zero-order chi connectivity index (χ0) is 12.6. The summed E-state index contributed by atoms with van der Waals surface area (Å²) in [5, 5.41) is 0. The van der Waals surface area contributed by atoms with E-state index in [1.165, 1.54) is 6.07 Å². The molecule has 0 aliphatic carbocycles. The highest BCUT2D eigenvalue weighted by molar-refractivity contribution is 8.67. The van der Waals surface area contributed by atoms with E-state index < -0.39 is 28.1 Å². The van der Waals surface area contributed by atoms with Gasteiger partial charge in [0.15, 0.2) is 0 Å². The molecule has 1 rings (SSSR count). The fourth-order valence-corrected chi connectivity index (χ4v) is 3.67. The molecule has 0 aliphatic rings. The van der Waals surface area contributed by atoms with Crippen LogP contribution in [0.25, 0.3) is 0 Å². The molecule has 0 heterocycles. The molecule has 0 atom stereocenters. The van der Waals surface area contributed by atoms with Gasteiger partial charge in [0.2, 0.25) is 0 Å². The van der Waals surface area contributed by atoms with Gasteiger partial charge >= 0.3 is 14.4 Å². The van der Waals surface area contributed by atoms with Crippen LogP contribution in [0.2, 0.25) is 0 Å². The standard InChI is InChI=1S/C7H5F3O4S2/c8-7(9,10)16(13,14)15(11,12)6-4-2-1-3-5-6/h1-5H. The average molecular weight is 274 g/mol. The lowest BCUT2D eigenvalue weighted by Gasteiger charge is -2.08. The molecule has 0 aromatic heterocycles. The summed E-state index contributed by atoms with van der Waals surface area (Å²) in [5.74, 6) is 0. The molecule has 0 saturated heterocycles. The van der Waals surface area contributed by atoms with Crippen LogP contribution < -0.4 is 0 Å². The van der Waals surface area contributed by atoms with Crippen LogP contribution in [-0.4, -0.2) is 22.3 Å². The van der Waals surface area contributed by atoms with Gasteiger partial charge in [-0.2, -0.15) is 13.2 Å². The van der Waals surface area contributed by atoms with Gasteiger partial charge in [0.1, 0.15) is 0 Å². The Bertz CT molecular complexity index is 572. The molecule has 0 spiro atoms. The predicted molar refractivity (Wildman–Crippen MR) is 48.6 cm³/mol. The Hall–Kier alpha value is -1.09. The fourth-order valence-electron chi connectivity index (χ4n) is 0.838. The quantitative estimate of drug-likeness (QED) is 0.762. The number of alkyl halides is 3. The first-order valence-corrected chi connectivity index (χ1v) is 7.20. The number of hydrogen-bond donors (Lipinski definition) is 0. The Balaban J connectivity index is 3.48. The van der Waals surface area contributed by atoms with E-state index in [4.69, 9.17) is 0 Å². The molecule has 0 fully saturated rings. The van der Waals surface area contributed by atoms with Crippen molar-refractivity contribution in [2.24, 2.45) is 0 Å². The highest BCUT2D eigenvalue weighted by atomic mass is 33.2. The molecule has 0 saturated carbocycles. The van der Waals surface area contributed by atoms with Gasteiger partial charge < -0.3 is 0 Å². The zero-order valence-electron chi connectivity index (χ0n) is 7.47. The number of rotatable bonds is 2. The highest BCUT2D eigenvalue weighted by Gasteiger charge is 2.55. The minimum Gasteiger partial charge on any atom is -0.207 e. The maximum Gasteiger partial charge on any atom is 0.512 e. The summed E-state index contributed by atoms with van der Waals surface area (Å²) in [6.07, 6.45) is 0. The minimum absolute atomic E-state index is 0.776. The molecule has 90 valence electrons. The lowest BCUT2D eigenvalue weighted by Crippen LogP contribution is -2.30. The molecule has 0 aliphatic heterocycles. The van der Waals surface area contributed by atoms with Crippen LogP contribution >= 0.6 is 0 Å². The lowest BCUT2D eigenvalue weighted by atomic mass is 10.4. The fraction of sp³-hybridized carbons (Fsp3) is 0.143. The lowest BCUT2D eigenvalue weighted by molar-refractivity contribution is -0.0412. The van der Waals surface area contributed by atoms with Crippen LogP contribution in [0.5, 0.6) is 0 Å². The van der Waals surface area contributed by atoms with Crippen molar-refractivity contribution in [3.05, 3.63) is 30.3 Å². The van der Waals surface area contributed by atoms with Gasteiger partial charge in [-0.05, 0) is 12.1 Å². The van der Waals surface area contributed by atoms with Crippen LogP contribution in [0, 0.1) is 0 Å². The van der Waals surface area contributed by atoms with E-state index in [0.29, 0.717) is 0 Å². The number of halogens is 3. The van der Waals surface area contributed by atoms with E-state index in [1.807, 2.05) is 0 Å². The summed E-state index contributed by atoms with van der Waals surface area (Å²) >= 11 is 0. The van der Waals surface area contributed by atoms with Gasteiger partial charge in [-0.25, -0.2) is 16.8 Å². The van der Waals surface area contributed by atoms with Gasteiger partial charge in [-0.3, -0.25) is 0 Å². The third kappa shape index (κ3) is 1.92. The first-order chi connectivity index (χ1) is 7.11. The molecule has 0 amide bonds. The Morgan fingerprint density at radius 2 is 1.31 bits per heavy atom. The molecule has 0 bridgehead atoms. The van der Waals surface area contributed by atoms with Gasteiger partial charge in [0, 0.05) is 0 Å². The maximum absolute atomic E-state index is 12.0. The Morgan fingerprint density at radius 1 is 0.875 bits per heavy atom. The zero-order valence-corrected chi connectivity index (χ0v) is 9.10. The van der Waals surface area contributed by atoms with Crippen LogP contribution in [0.4, 0.5) is 13.2 Å². The monoisotopic (exact) mass is 274 g/mol. The summed E-state index contributed by atoms with van der Waals surface area (Å²) in [5.41, 5.74) is -5.83. The summed E-state index contributed by atoms with van der Waals surface area (Å²) in [6, 6.07) is 5.15. The van der Waals surface area contributed by atoms with E-state index in [-0.39, 0.29) is 0 Å². The van der Waals surface area contributed by atoms with Crippen LogP contribution in [-0.2, 0) is 17.7 Å². The van der Waals surface area contributed by atoms with Gasteiger partial charge in [-0.15, -0.1) is 0 Å². The number of benzene rings is 1. The van der Waals surface area contributed by atoms with E-state index >= 15 is 0 Å². The molecule has 1 aromatic rings. The van der Waals surface area contributed by atoms with Crippen LogP contribution in [0.1, 0.15) is 0 Å². The van der Waals surface area contributed by atoms with E-state index in [0.717, 1.165) is 24.3 Å². The average Bonchev–Trinajstić information content (AvgIpc) is 2.17. The Labute approximate surface area is 88.9 Å². The summed E-state index contributed by atoms with van der Waals surface area (Å²) < 4.78 is 80.1. The molecular weight excluding hydrogens is 269 g/mol. The Morgan fingerprint density at radius 3 is 1.69 bits per heavy atom. The van der Waals surface area contributed by atoms with Crippen molar-refractivity contribution in [1.29, 1.82) is 0 Å². The molecule has 0 N–H and O–H groups in total. The molecule has 1 aromatic carbocycles. The topological polar surface area (TPSA) is 68.3 Å². The maximum atomic E-state index is 12.0. The van der Waals surface area contributed by atoms with Crippen LogP contribution in [0.3, 0.4) is 0 Å². The van der Waals surface area contributed by atoms with Gasteiger partial charge in [0.05, 0.1) is 4.90 Å². The minimum atomic E-state index is -6.26. The second-order valence-corrected chi connectivity index (χ2v) is 8.05. The molecule has 9 heteroatoms. The first-order valence-electron chi connectivity index (χ1n) is 3.72. The molecule has 0 radical (unpaired) electrons. The Kier molecular flexibility index (Phi) is 3.03. The second-order valence-electron chi connectivity index (χ2n) is 2.67. The second kappa shape index (κ2) is 3.74. The molecule has 16 heavy (non-hydrogen) atoms. The third-order valence-corrected chi connectivity index (χ3v) is 6.48. The van der Waals surface area contributed by atoms with Crippen molar-refractivity contribution in [2.45, 2.75) is 10.4 Å².